The zero-order valence-electron chi connectivity index (χ0n) is 13.3. The van der Waals surface area contributed by atoms with Gasteiger partial charge in [0.1, 0.15) is 0 Å². The quantitative estimate of drug-likeness (QED) is 0.308. The molecule has 110 valence electrons. The van der Waals surface area contributed by atoms with E-state index in [4.69, 9.17) is 0 Å². The van der Waals surface area contributed by atoms with Crippen molar-refractivity contribution in [3.63, 3.8) is 0 Å². The van der Waals surface area contributed by atoms with Crippen molar-refractivity contribution < 1.29 is 0 Å². The second-order valence-electron chi connectivity index (χ2n) is 6.49. The second kappa shape index (κ2) is 4.36. The third-order valence-corrected chi connectivity index (χ3v) is 4.85. The molecule has 2 aromatic heterocycles. The third kappa shape index (κ3) is 1.68. The molecule has 0 bridgehead atoms. The van der Waals surface area contributed by atoms with Gasteiger partial charge in [0.25, 0.3) is 0 Å². The molecular formula is C22H17N. The third-order valence-electron chi connectivity index (χ3n) is 4.85. The van der Waals surface area contributed by atoms with Crippen LogP contribution in [0.25, 0.3) is 38.1 Å². The molecule has 0 aliphatic rings. The molecule has 0 atom stereocenters. The van der Waals surface area contributed by atoms with Gasteiger partial charge in [0, 0.05) is 16.2 Å². The molecule has 1 nitrogen and oxygen atoms in total. The highest BCUT2D eigenvalue weighted by Gasteiger charge is 2.12. The van der Waals surface area contributed by atoms with E-state index < -0.39 is 0 Å². The van der Waals surface area contributed by atoms with Crippen LogP contribution in [0.5, 0.6) is 0 Å². The van der Waals surface area contributed by atoms with E-state index in [0.29, 0.717) is 0 Å². The topological polar surface area (TPSA) is 4.41 Å². The van der Waals surface area contributed by atoms with Crippen molar-refractivity contribution in [2.75, 3.05) is 0 Å². The van der Waals surface area contributed by atoms with Crippen LogP contribution in [0.4, 0.5) is 0 Å². The van der Waals surface area contributed by atoms with Gasteiger partial charge in [0.2, 0.25) is 0 Å². The summed E-state index contributed by atoms with van der Waals surface area (Å²) in [5, 5.41) is 5.28. The first-order chi connectivity index (χ1) is 11.2. The van der Waals surface area contributed by atoms with Crippen LogP contribution in [0.3, 0.4) is 0 Å². The highest BCUT2D eigenvalue weighted by Crippen LogP contribution is 2.34. The summed E-state index contributed by atoms with van der Waals surface area (Å²) in [7, 11) is 0. The lowest BCUT2D eigenvalue weighted by atomic mass is 10.0. The van der Waals surface area contributed by atoms with E-state index in [1.54, 1.807) is 0 Å². The Kier molecular flexibility index (Phi) is 2.41. The van der Waals surface area contributed by atoms with Crippen molar-refractivity contribution in [2.45, 2.75) is 13.8 Å². The minimum atomic E-state index is 1.28. The highest BCUT2D eigenvalue weighted by atomic mass is 14.9. The van der Waals surface area contributed by atoms with Crippen molar-refractivity contribution in [1.82, 2.24) is 4.40 Å². The molecule has 0 fully saturated rings. The Bertz CT molecular complexity index is 1220. The molecule has 3 aromatic carbocycles. The van der Waals surface area contributed by atoms with Gasteiger partial charge in [-0.3, -0.25) is 0 Å². The van der Waals surface area contributed by atoms with E-state index in [0.717, 1.165) is 0 Å². The highest BCUT2D eigenvalue weighted by molar-refractivity contribution is 6.15. The number of hydrogen-bond donors (Lipinski definition) is 0. The summed E-state index contributed by atoms with van der Waals surface area (Å²) in [5.41, 5.74) is 6.46. The molecule has 0 unspecified atom stereocenters. The lowest BCUT2D eigenvalue weighted by Crippen LogP contribution is -1.92. The summed E-state index contributed by atoms with van der Waals surface area (Å²) in [6.07, 6.45) is 0. The fourth-order valence-corrected chi connectivity index (χ4v) is 3.77. The number of fused-ring (bicyclic) bond motifs is 8. The predicted octanol–water partition coefficient (Wildman–Crippen LogP) is 6.02. The molecule has 0 radical (unpaired) electrons. The maximum atomic E-state index is 2.42. The zero-order chi connectivity index (χ0) is 15.6. The van der Waals surface area contributed by atoms with Crippen molar-refractivity contribution in [1.29, 1.82) is 0 Å². The molecule has 1 heteroatoms. The second-order valence-corrected chi connectivity index (χ2v) is 6.49. The molecule has 0 amide bonds. The molecule has 5 aromatic rings. The van der Waals surface area contributed by atoms with E-state index in [9.17, 15) is 0 Å². The van der Waals surface area contributed by atoms with Gasteiger partial charge in [-0.1, -0.05) is 48.0 Å². The van der Waals surface area contributed by atoms with E-state index in [1.807, 2.05) is 0 Å². The first-order valence-corrected chi connectivity index (χ1v) is 8.05. The van der Waals surface area contributed by atoms with Crippen LogP contribution in [0.15, 0.2) is 66.7 Å². The predicted molar refractivity (Wildman–Crippen MR) is 99.4 cm³/mol. The summed E-state index contributed by atoms with van der Waals surface area (Å²) >= 11 is 0. The minimum absolute atomic E-state index is 1.28. The van der Waals surface area contributed by atoms with Gasteiger partial charge in [0.15, 0.2) is 0 Å². The summed E-state index contributed by atoms with van der Waals surface area (Å²) in [6.45, 7) is 4.33. The number of benzene rings is 3. The monoisotopic (exact) mass is 295 g/mol. The standard InChI is InChI=1S/C22H17N/c1-14-7-9-17-18-10-8-15(2)12-21(18)23-20-6-4-3-5-16(20)13-22(23)19(17)11-14/h3-13H,1-2H3. The van der Waals surface area contributed by atoms with Gasteiger partial charge in [0.05, 0.1) is 16.6 Å². The average molecular weight is 295 g/mol. The molecular weight excluding hydrogens is 278 g/mol. The Labute approximate surface area is 134 Å². The normalized spacial score (nSPS) is 11.9. The van der Waals surface area contributed by atoms with Crippen LogP contribution in [-0.4, -0.2) is 4.40 Å². The number of pyridine rings is 1. The SMILES string of the molecule is Cc1ccc2c3ccc(C)cc3n3c4ccccc4cc3c2c1. The van der Waals surface area contributed by atoms with E-state index >= 15 is 0 Å². The number of aromatic nitrogens is 1. The summed E-state index contributed by atoms with van der Waals surface area (Å²) in [4.78, 5) is 0. The Hall–Kier alpha value is -2.80. The fourth-order valence-electron chi connectivity index (χ4n) is 3.77. The Morgan fingerprint density at radius 1 is 0.565 bits per heavy atom. The van der Waals surface area contributed by atoms with E-state index in [2.05, 4.69) is 85.0 Å². The lowest BCUT2D eigenvalue weighted by molar-refractivity contribution is 1.33. The molecule has 0 spiro atoms. The number of rotatable bonds is 0. The van der Waals surface area contributed by atoms with Gasteiger partial charge < -0.3 is 4.40 Å². The first-order valence-electron chi connectivity index (χ1n) is 8.05. The average Bonchev–Trinajstić information content (AvgIpc) is 2.95. The van der Waals surface area contributed by atoms with E-state index in [1.165, 1.54) is 49.2 Å². The maximum Gasteiger partial charge on any atom is 0.0547 e. The minimum Gasteiger partial charge on any atom is -0.309 e. The Morgan fingerprint density at radius 2 is 1.26 bits per heavy atom. The van der Waals surface area contributed by atoms with Crippen molar-refractivity contribution >= 4 is 38.1 Å². The zero-order valence-corrected chi connectivity index (χ0v) is 13.3. The van der Waals surface area contributed by atoms with Crippen LogP contribution in [0.2, 0.25) is 0 Å². The molecule has 0 N–H and O–H groups in total. The van der Waals surface area contributed by atoms with Gasteiger partial charge in [-0.05, 0) is 49.1 Å². The lowest BCUT2D eigenvalue weighted by Gasteiger charge is -2.11. The fraction of sp³-hybridized carbons (Fsp3) is 0.0909. The van der Waals surface area contributed by atoms with Crippen LogP contribution >= 0.6 is 0 Å². The molecule has 5 rings (SSSR count). The number of nitrogens with zero attached hydrogens (tertiary/aromatic N) is 1. The van der Waals surface area contributed by atoms with Crippen LogP contribution < -0.4 is 0 Å². The molecule has 23 heavy (non-hydrogen) atoms. The molecule has 0 aliphatic carbocycles. The van der Waals surface area contributed by atoms with Crippen molar-refractivity contribution in [3.05, 3.63) is 77.9 Å². The van der Waals surface area contributed by atoms with Crippen LogP contribution in [0.1, 0.15) is 11.1 Å². The molecule has 0 saturated heterocycles. The number of para-hydroxylation sites is 1. The van der Waals surface area contributed by atoms with Gasteiger partial charge >= 0.3 is 0 Å². The summed E-state index contributed by atoms with van der Waals surface area (Å²) < 4.78 is 2.42. The molecule has 0 aliphatic heterocycles. The molecule has 0 saturated carbocycles. The van der Waals surface area contributed by atoms with Crippen LogP contribution in [-0.2, 0) is 0 Å². The Balaban J connectivity index is 2.21. The largest absolute Gasteiger partial charge is 0.309 e. The first kappa shape index (κ1) is 12.7. The van der Waals surface area contributed by atoms with Crippen molar-refractivity contribution in [3.8, 4) is 0 Å². The Morgan fingerprint density at radius 3 is 2.13 bits per heavy atom. The smallest absolute Gasteiger partial charge is 0.0547 e. The molecule has 2 heterocycles. The maximum absolute atomic E-state index is 2.42. The van der Waals surface area contributed by atoms with Gasteiger partial charge in [-0.15, -0.1) is 0 Å². The van der Waals surface area contributed by atoms with E-state index in [-0.39, 0.29) is 0 Å². The number of hydrogen-bond acceptors (Lipinski definition) is 0. The summed E-state index contributed by atoms with van der Waals surface area (Å²) in [6, 6.07) is 24.5. The van der Waals surface area contributed by atoms with Gasteiger partial charge in [-0.25, -0.2) is 0 Å². The van der Waals surface area contributed by atoms with Crippen molar-refractivity contribution in [2.24, 2.45) is 0 Å². The van der Waals surface area contributed by atoms with Crippen LogP contribution in [0, 0.1) is 13.8 Å². The number of aryl methyl sites for hydroxylation is 2. The van der Waals surface area contributed by atoms with Gasteiger partial charge in [-0.2, -0.15) is 0 Å². The summed E-state index contributed by atoms with van der Waals surface area (Å²) in [5.74, 6) is 0.